The Morgan fingerprint density at radius 3 is 2.28 bits per heavy atom. The van der Waals surface area contributed by atoms with Gasteiger partial charge in [-0.2, -0.15) is 0 Å². The summed E-state index contributed by atoms with van der Waals surface area (Å²) >= 11 is 0. The van der Waals surface area contributed by atoms with Crippen molar-refractivity contribution >= 4 is 23.9 Å². The van der Waals surface area contributed by atoms with E-state index in [1.165, 1.54) is 6.92 Å². The highest BCUT2D eigenvalue weighted by atomic mass is 16.5. The predicted octanol–water partition coefficient (Wildman–Crippen LogP) is -1.93. The number of hydrogen-bond acceptors (Lipinski definition) is 7. The van der Waals surface area contributed by atoms with Gasteiger partial charge in [-0.25, -0.2) is 4.79 Å². The van der Waals surface area contributed by atoms with E-state index < -0.39 is 42.4 Å². The first-order valence-electron chi connectivity index (χ1n) is 7.48. The third kappa shape index (κ3) is 7.82. The number of nitrogens with one attached hydrogen (secondary N) is 2. The number of carboxylic acid groups (broad SMARTS) is 2. The number of alkyl carbamates (subject to hydrolysis) is 1. The van der Waals surface area contributed by atoms with Gasteiger partial charge in [-0.3, -0.25) is 4.79 Å². The van der Waals surface area contributed by atoms with E-state index in [2.05, 4.69) is 10.6 Å². The van der Waals surface area contributed by atoms with Gasteiger partial charge in [-0.15, -0.1) is 0 Å². The van der Waals surface area contributed by atoms with E-state index in [4.69, 9.17) is 4.74 Å². The molecule has 0 saturated heterocycles. The van der Waals surface area contributed by atoms with E-state index in [-0.39, 0.29) is 13.0 Å². The second-order valence-electron chi connectivity index (χ2n) is 5.22. The fraction of sp³-hybridized carbons (Fsp3) is 0.375. The summed E-state index contributed by atoms with van der Waals surface area (Å²) in [5, 5.41) is 25.6. The Bertz CT molecular complexity index is 618. The average molecular weight is 350 g/mol. The third-order valence-electron chi connectivity index (χ3n) is 3.18. The summed E-state index contributed by atoms with van der Waals surface area (Å²) in [5.74, 6) is -3.89. The molecule has 0 radical (unpaired) electrons. The zero-order valence-corrected chi connectivity index (χ0v) is 13.5. The van der Waals surface area contributed by atoms with Gasteiger partial charge in [-0.1, -0.05) is 30.3 Å². The number of benzene rings is 1. The molecule has 0 unspecified atom stereocenters. The largest absolute Gasteiger partial charge is 0.550 e. The molecule has 0 fully saturated rings. The number of carbonyl (C=O) groups excluding carboxylic acids is 4. The summed E-state index contributed by atoms with van der Waals surface area (Å²) in [6.07, 6.45) is -1.80. The molecular formula is C16H18N2O7-2. The molecule has 2 atom stereocenters. The molecule has 0 aliphatic carbocycles. The number of ether oxygens (including phenoxy) is 1. The van der Waals surface area contributed by atoms with Crippen molar-refractivity contribution < 1.29 is 34.1 Å². The molecule has 2 N–H and O–H groups in total. The molecule has 1 aromatic rings. The van der Waals surface area contributed by atoms with Gasteiger partial charge in [0.25, 0.3) is 0 Å². The first kappa shape index (κ1) is 19.9. The molecule has 0 spiro atoms. The number of hydrogen-bond donors (Lipinski definition) is 2. The third-order valence-corrected chi connectivity index (χ3v) is 3.18. The Balaban J connectivity index is 2.44. The number of aliphatic carboxylic acids is 2. The second kappa shape index (κ2) is 9.91. The zero-order valence-electron chi connectivity index (χ0n) is 13.5. The van der Waals surface area contributed by atoms with Crippen LogP contribution in [0.15, 0.2) is 30.3 Å². The fourth-order valence-electron chi connectivity index (χ4n) is 1.81. The Morgan fingerprint density at radius 1 is 1.08 bits per heavy atom. The van der Waals surface area contributed by atoms with Gasteiger partial charge in [0.05, 0.1) is 12.0 Å². The molecule has 0 aromatic heterocycles. The second-order valence-corrected chi connectivity index (χ2v) is 5.22. The summed E-state index contributed by atoms with van der Waals surface area (Å²) in [6.45, 7) is 1.33. The highest BCUT2D eigenvalue weighted by Gasteiger charge is 2.20. The molecule has 0 bridgehead atoms. The van der Waals surface area contributed by atoms with Crippen molar-refractivity contribution in [2.24, 2.45) is 0 Å². The van der Waals surface area contributed by atoms with Crippen LogP contribution in [0, 0.1) is 0 Å². The Labute approximate surface area is 144 Å². The zero-order chi connectivity index (χ0) is 18.8. The normalized spacial score (nSPS) is 12.5. The standard InChI is InChI=1S/C16H20N2O7/c1-10(14(21)18-12(15(22)23)7-8-13(19)20)17-16(24)25-9-11-5-3-2-4-6-11/h2-6,10,12H,7-9H2,1H3,(H,17,24)(H,18,21)(H,19,20)(H,22,23)/p-2/t10-,12-/m0/s1. The Morgan fingerprint density at radius 2 is 1.72 bits per heavy atom. The van der Waals surface area contributed by atoms with Gasteiger partial charge in [-0.05, 0) is 25.3 Å². The number of carbonyl (C=O) groups is 4. The molecule has 2 amide bonds. The van der Waals surface area contributed by atoms with Crippen molar-refractivity contribution in [2.45, 2.75) is 38.5 Å². The lowest BCUT2D eigenvalue weighted by atomic mass is 10.1. The number of rotatable bonds is 9. The molecule has 1 aromatic carbocycles. The summed E-state index contributed by atoms with van der Waals surface area (Å²) < 4.78 is 4.94. The molecule has 0 heterocycles. The average Bonchev–Trinajstić information content (AvgIpc) is 2.56. The number of carboxylic acids is 2. The van der Waals surface area contributed by atoms with E-state index >= 15 is 0 Å². The van der Waals surface area contributed by atoms with Crippen molar-refractivity contribution in [2.75, 3.05) is 0 Å². The van der Waals surface area contributed by atoms with Crippen LogP contribution in [0.1, 0.15) is 25.3 Å². The predicted molar refractivity (Wildman–Crippen MR) is 80.4 cm³/mol. The van der Waals surface area contributed by atoms with E-state index in [9.17, 15) is 29.4 Å². The monoisotopic (exact) mass is 350 g/mol. The van der Waals surface area contributed by atoms with Crippen molar-refractivity contribution in [3.05, 3.63) is 35.9 Å². The quantitative estimate of drug-likeness (QED) is 0.527. The van der Waals surface area contributed by atoms with E-state index in [0.29, 0.717) is 0 Å². The SMILES string of the molecule is C[C@H](NC(=O)OCc1ccccc1)C(=O)N[C@@H](CCC(=O)[O-])C(=O)[O-]. The van der Waals surface area contributed by atoms with E-state index in [1.807, 2.05) is 6.07 Å². The van der Waals surface area contributed by atoms with Crippen molar-refractivity contribution in [3.63, 3.8) is 0 Å². The van der Waals surface area contributed by atoms with Crippen LogP contribution >= 0.6 is 0 Å². The first-order valence-corrected chi connectivity index (χ1v) is 7.48. The van der Waals surface area contributed by atoms with Gasteiger partial charge in [0, 0.05) is 5.97 Å². The summed E-state index contributed by atoms with van der Waals surface area (Å²) in [5.41, 5.74) is 0.758. The number of amides is 2. The highest BCUT2D eigenvalue weighted by Crippen LogP contribution is 2.01. The molecule has 136 valence electrons. The minimum Gasteiger partial charge on any atom is -0.550 e. The molecule has 9 nitrogen and oxygen atoms in total. The topological polar surface area (TPSA) is 148 Å². The first-order chi connectivity index (χ1) is 11.8. The summed E-state index contributed by atoms with van der Waals surface area (Å²) in [7, 11) is 0. The van der Waals surface area contributed by atoms with Crippen LogP contribution in [-0.4, -0.2) is 36.0 Å². The van der Waals surface area contributed by atoms with Crippen LogP contribution in [0.25, 0.3) is 0 Å². The van der Waals surface area contributed by atoms with E-state index in [1.54, 1.807) is 24.3 Å². The molecule has 0 aliphatic rings. The van der Waals surface area contributed by atoms with Crippen LogP contribution in [0.4, 0.5) is 4.79 Å². The summed E-state index contributed by atoms with van der Waals surface area (Å²) in [6, 6.07) is 6.28. The Hall–Kier alpha value is -3.10. The summed E-state index contributed by atoms with van der Waals surface area (Å²) in [4.78, 5) is 44.8. The lowest BCUT2D eigenvalue weighted by Crippen LogP contribution is -2.53. The van der Waals surface area contributed by atoms with E-state index in [0.717, 1.165) is 5.56 Å². The fourth-order valence-corrected chi connectivity index (χ4v) is 1.81. The van der Waals surface area contributed by atoms with Crippen LogP contribution < -0.4 is 20.8 Å². The van der Waals surface area contributed by atoms with Crippen LogP contribution in [0.2, 0.25) is 0 Å². The van der Waals surface area contributed by atoms with Crippen molar-refractivity contribution in [1.82, 2.24) is 10.6 Å². The lowest BCUT2D eigenvalue weighted by Gasteiger charge is -2.22. The molecule has 0 aliphatic heterocycles. The molecule has 1 rings (SSSR count). The van der Waals surface area contributed by atoms with Gasteiger partial charge in [0.15, 0.2) is 0 Å². The van der Waals surface area contributed by atoms with Crippen LogP contribution in [-0.2, 0) is 25.7 Å². The molecule has 9 heteroatoms. The maximum atomic E-state index is 11.9. The molecule has 0 saturated carbocycles. The maximum absolute atomic E-state index is 11.9. The Kier molecular flexibility index (Phi) is 7.91. The minimum atomic E-state index is -1.63. The van der Waals surface area contributed by atoms with Crippen molar-refractivity contribution in [1.29, 1.82) is 0 Å². The minimum absolute atomic E-state index is 0.00823. The van der Waals surface area contributed by atoms with Gasteiger partial charge in [0.1, 0.15) is 12.6 Å². The van der Waals surface area contributed by atoms with Crippen LogP contribution in [0.3, 0.4) is 0 Å². The highest BCUT2D eigenvalue weighted by molar-refractivity contribution is 5.88. The van der Waals surface area contributed by atoms with Gasteiger partial charge in [0.2, 0.25) is 5.91 Å². The lowest BCUT2D eigenvalue weighted by molar-refractivity contribution is -0.310. The molecular weight excluding hydrogens is 332 g/mol. The maximum Gasteiger partial charge on any atom is 0.408 e. The van der Waals surface area contributed by atoms with Crippen molar-refractivity contribution in [3.8, 4) is 0 Å². The van der Waals surface area contributed by atoms with Crippen LogP contribution in [0.5, 0.6) is 0 Å². The smallest absolute Gasteiger partial charge is 0.408 e. The van der Waals surface area contributed by atoms with Gasteiger partial charge < -0.3 is 35.2 Å². The van der Waals surface area contributed by atoms with Gasteiger partial charge >= 0.3 is 6.09 Å². The molecule has 25 heavy (non-hydrogen) atoms.